The molecule has 0 amide bonds. The highest BCUT2D eigenvalue weighted by Gasteiger charge is 2.27. The van der Waals surface area contributed by atoms with Crippen LogP contribution in [0, 0.1) is 5.92 Å². The third-order valence-corrected chi connectivity index (χ3v) is 5.85. The van der Waals surface area contributed by atoms with Gasteiger partial charge in [0.25, 0.3) is 0 Å². The van der Waals surface area contributed by atoms with Crippen LogP contribution in [0.25, 0.3) is 0 Å². The quantitative estimate of drug-likeness (QED) is 0.224. The number of aliphatic imine (C=N–C) groups is 1. The monoisotopic (exact) mass is 540 g/mol. The molecule has 0 aromatic rings. The molecule has 0 saturated carbocycles. The van der Waals surface area contributed by atoms with E-state index in [-0.39, 0.29) is 24.0 Å². The van der Waals surface area contributed by atoms with Crippen molar-refractivity contribution in [1.29, 1.82) is 0 Å². The van der Waals surface area contributed by atoms with E-state index >= 15 is 0 Å². The van der Waals surface area contributed by atoms with Crippen molar-refractivity contribution >= 4 is 29.9 Å². The second kappa shape index (κ2) is 14.1. The van der Waals surface area contributed by atoms with Gasteiger partial charge >= 0.3 is 0 Å². The Labute approximate surface area is 200 Å². The lowest BCUT2D eigenvalue weighted by Gasteiger charge is -2.40. The zero-order valence-corrected chi connectivity index (χ0v) is 22.0. The van der Waals surface area contributed by atoms with Crippen molar-refractivity contribution < 1.29 is 9.84 Å². The number of rotatable bonds is 9. The normalized spacial score (nSPS) is 23.0. The molecule has 0 radical (unpaired) electrons. The number of likely N-dealkylation sites (N-methyl/N-ethyl adjacent to an activating group) is 1. The molecule has 9 heteroatoms. The molecule has 30 heavy (non-hydrogen) atoms. The summed E-state index contributed by atoms with van der Waals surface area (Å²) in [5.74, 6) is 1.35. The topological polar surface area (TPSA) is 75.6 Å². The standard InChI is InChI=1S/C21H44N6O2.HI/c1-6-22-20(24-16-21(4,28)17-26-11-13-29-14-12-26)23-15-19(18(2)3)27-9-7-25(5)8-10-27;/h18-19,28H,6-17H2,1-5H3,(H2,22,23,24);1H. The van der Waals surface area contributed by atoms with Gasteiger partial charge in [-0.1, -0.05) is 13.8 Å². The molecular weight excluding hydrogens is 495 g/mol. The summed E-state index contributed by atoms with van der Waals surface area (Å²) in [6.45, 7) is 18.9. The molecule has 3 N–H and O–H groups in total. The molecule has 2 unspecified atom stereocenters. The third-order valence-electron chi connectivity index (χ3n) is 5.85. The Morgan fingerprint density at radius 2 is 1.73 bits per heavy atom. The lowest BCUT2D eigenvalue weighted by molar-refractivity contribution is -0.0180. The van der Waals surface area contributed by atoms with E-state index in [2.05, 4.69) is 53.2 Å². The number of aliphatic hydroxyl groups is 1. The summed E-state index contributed by atoms with van der Waals surface area (Å²) in [6, 6.07) is 0.474. The largest absolute Gasteiger partial charge is 0.387 e. The number of morpholine rings is 1. The number of piperazine rings is 1. The second-order valence-corrected chi connectivity index (χ2v) is 9.11. The molecule has 0 aromatic heterocycles. The van der Waals surface area contributed by atoms with E-state index in [1.807, 2.05) is 6.92 Å². The summed E-state index contributed by atoms with van der Waals surface area (Å²) in [4.78, 5) is 11.9. The van der Waals surface area contributed by atoms with Crippen LogP contribution >= 0.6 is 24.0 Å². The summed E-state index contributed by atoms with van der Waals surface area (Å²) in [5, 5.41) is 17.7. The first kappa shape index (κ1) is 27.8. The van der Waals surface area contributed by atoms with Gasteiger partial charge in [0.05, 0.1) is 25.4 Å². The second-order valence-electron chi connectivity index (χ2n) is 9.11. The van der Waals surface area contributed by atoms with Crippen LogP contribution < -0.4 is 10.6 Å². The van der Waals surface area contributed by atoms with E-state index < -0.39 is 5.60 Å². The smallest absolute Gasteiger partial charge is 0.191 e. The minimum atomic E-state index is -0.853. The van der Waals surface area contributed by atoms with E-state index in [1.54, 1.807) is 0 Å². The number of guanidine groups is 1. The molecular formula is C21H45IN6O2. The van der Waals surface area contributed by atoms with E-state index in [1.165, 1.54) is 0 Å². The maximum atomic E-state index is 10.8. The summed E-state index contributed by atoms with van der Waals surface area (Å²) in [5.41, 5.74) is -0.853. The number of ether oxygens (including phenoxy) is 1. The van der Waals surface area contributed by atoms with Crippen molar-refractivity contribution in [2.75, 3.05) is 85.7 Å². The molecule has 2 aliphatic rings. The van der Waals surface area contributed by atoms with Crippen molar-refractivity contribution in [2.45, 2.75) is 39.3 Å². The predicted octanol–water partition coefficient (Wildman–Crippen LogP) is 0.515. The lowest BCUT2D eigenvalue weighted by atomic mass is 10.0. The fourth-order valence-electron chi connectivity index (χ4n) is 4.02. The van der Waals surface area contributed by atoms with Crippen LogP contribution in [0.3, 0.4) is 0 Å². The maximum absolute atomic E-state index is 10.8. The van der Waals surface area contributed by atoms with Gasteiger partial charge in [0.15, 0.2) is 5.96 Å². The molecule has 0 aliphatic carbocycles. The summed E-state index contributed by atoms with van der Waals surface area (Å²) >= 11 is 0. The van der Waals surface area contributed by atoms with Crippen LogP contribution in [-0.2, 0) is 4.74 Å². The van der Waals surface area contributed by atoms with Crippen molar-refractivity contribution in [1.82, 2.24) is 25.3 Å². The van der Waals surface area contributed by atoms with Crippen LogP contribution in [0.4, 0.5) is 0 Å². The summed E-state index contributed by atoms with van der Waals surface area (Å²) in [6.07, 6.45) is 0. The number of β-amino-alcohol motifs (C(OH)–C–C–N with tert-alkyl or cyclic N) is 1. The first-order valence-corrected chi connectivity index (χ1v) is 11.3. The molecule has 2 rings (SSSR count). The van der Waals surface area contributed by atoms with Gasteiger partial charge in [-0.15, -0.1) is 24.0 Å². The van der Waals surface area contributed by atoms with Crippen LogP contribution in [0.15, 0.2) is 4.99 Å². The average Bonchev–Trinajstić information content (AvgIpc) is 2.68. The van der Waals surface area contributed by atoms with Gasteiger partial charge in [-0.05, 0) is 26.8 Å². The fraction of sp³-hybridized carbons (Fsp3) is 0.952. The number of hydrogen-bond donors (Lipinski definition) is 3. The number of nitrogens with one attached hydrogen (secondary N) is 2. The predicted molar refractivity (Wildman–Crippen MR) is 135 cm³/mol. The first-order valence-electron chi connectivity index (χ1n) is 11.3. The van der Waals surface area contributed by atoms with E-state index in [0.29, 0.717) is 25.0 Å². The molecule has 2 saturated heterocycles. The number of halogens is 1. The first-order chi connectivity index (χ1) is 13.8. The van der Waals surface area contributed by atoms with Crippen molar-refractivity contribution in [2.24, 2.45) is 10.9 Å². The van der Waals surface area contributed by atoms with Gasteiger partial charge in [0, 0.05) is 64.9 Å². The molecule has 178 valence electrons. The van der Waals surface area contributed by atoms with E-state index in [4.69, 9.17) is 9.73 Å². The highest BCUT2D eigenvalue weighted by molar-refractivity contribution is 14.0. The third kappa shape index (κ3) is 9.95. The van der Waals surface area contributed by atoms with Gasteiger partial charge in [-0.25, -0.2) is 0 Å². The van der Waals surface area contributed by atoms with Gasteiger partial charge in [0.2, 0.25) is 0 Å². The fourth-order valence-corrected chi connectivity index (χ4v) is 4.02. The van der Waals surface area contributed by atoms with Gasteiger partial charge in [-0.3, -0.25) is 14.8 Å². The number of hydrogen-bond acceptors (Lipinski definition) is 6. The molecule has 2 atom stereocenters. The Morgan fingerprint density at radius 3 is 2.30 bits per heavy atom. The number of nitrogens with zero attached hydrogens (tertiary/aromatic N) is 4. The van der Waals surface area contributed by atoms with Crippen LogP contribution in [-0.4, -0.2) is 123 Å². The maximum Gasteiger partial charge on any atom is 0.191 e. The highest BCUT2D eigenvalue weighted by Crippen LogP contribution is 2.13. The Bertz CT molecular complexity index is 492. The Hall–Kier alpha value is -0.200. The van der Waals surface area contributed by atoms with Crippen LogP contribution in [0.2, 0.25) is 0 Å². The van der Waals surface area contributed by atoms with Gasteiger partial charge < -0.3 is 25.4 Å². The van der Waals surface area contributed by atoms with Crippen molar-refractivity contribution in [3.63, 3.8) is 0 Å². The van der Waals surface area contributed by atoms with Crippen LogP contribution in [0.5, 0.6) is 0 Å². The minimum Gasteiger partial charge on any atom is -0.387 e. The van der Waals surface area contributed by atoms with E-state index in [0.717, 1.165) is 71.5 Å². The van der Waals surface area contributed by atoms with Crippen molar-refractivity contribution in [3.05, 3.63) is 0 Å². The zero-order valence-electron chi connectivity index (χ0n) is 19.7. The van der Waals surface area contributed by atoms with Gasteiger partial charge in [0.1, 0.15) is 0 Å². The molecule has 0 spiro atoms. The minimum absolute atomic E-state index is 0. The lowest BCUT2D eigenvalue weighted by Crippen LogP contribution is -2.55. The molecule has 2 aliphatic heterocycles. The molecule has 2 heterocycles. The van der Waals surface area contributed by atoms with Crippen LogP contribution in [0.1, 0.15) is 27.7 Å². The highest BCUT2D eigenvalue weighted by atomic mass is 127. The summed E-state index contributed by atoms with van der Waals surface area (Å²) in [7, 11) is 2.19. The average molecular weight is 541 g/mol. The molecule has 0 aromatic carbocycles. The van der Waals surface area contributed by atoms with Crippen molar-refractivity contribution in [3.8, 4) is 0 Å². The Kier molecular flexibility index (Phi) is 13.0. The SMILES string of the molecule is CCNC(=NCC(C)(O)CN1CCOCC1)NCC(C(C)C)N1CCN(C)CC1.I. The van der Waals surface area contributed by atoms with E-state index in [9.17, 15) is 5.11 Å². The molecule has 0 bridgehead atoms. The summed E-state index contributed by atoms with van der Waals surface area (Å²) < 4.78 is 5.40. The van der Waals surface area contributed by atoms with Gasteiger partial charge in [-0.2, -0.15) is 0 Å². The molecule has 8 nitrogen and oxygen atoms in total. The Morgan fingerprint density at radius 1 is 1.10 bits per heavy atom. The molecule has 2 fully saturated rings. The zero-order chi connectivity index (χ0) is 21.3. The Balaban J connectivity index is 0.00000450.